The van der Waals surface area contributed by atoms with E-state index in [4.69, 9.17) is 10.3 Å². The Labute approximate surface area is 135 Å². The second-order valence-corrected chi connectivity index (χ2v) is 4.91. The zero-order valence-electron chi connectivity index (χ0n) is 12.6. The van der Waals surface area contributed by atoms with Crippen molar-refractivity contribution in [1.29, 1.82) is 0 Å². The Morgan fingerprint density at radius 2 is 2.25 bits per heavy atom. The molecule has 122 valence electrons. The lowest BCUT2D eigenvalue weighted by molar-refractivity contribution is -0.384. The highest BCUT2D eigenvalue weighted by Gasteiger charge is 2.18. The van der Waals surface area contributed by atoms with Gasteiger partial charge in [-0.1, -0.05) is 6.07 Å². The van der Waals surface area contributed by atoms with Gasteiger partial charge in [-0.05, 0) is 30.7 Å². The number of nitro groups is 1. The Morgan fingerprint density at radius 3 is 2.96 bits per heavy atom. The molecule has 0 spiro atoms. The lowest BCUT2D eigenvalue weighted by atomic mass is 10.1. The van der Waals surface area contributed by atoms with Crippen LogP contribution < -0.4 is 11.3 Å². The fourth-order valence-electron chi connectivity index (χ4n) is 2.04. The van der Waals surface area contributed by atoms with Gasteiger partial charge in [0.25, 0.3) is 11.6 Å². The molecular formula is C14H13N7O3. The number of hydrogen-bond acceptors (Lipinski definition) is 8. The molecule has 1 aromatic carbocycles. The Balaban J connectivity index is 1.81. The average molecular weight is 327 g/mol. The van der Waals surface area contributed by atoms with Crippen LogP contribution in [0.3, 0.4) is 0 Å². The van der Waals surface area contributed by atoms with Crippen molar-refractivity contribution in [2.24, 2.45) is 5.10 Å². The average Bonchev–Trinajstić information content (AvgIpc) is 3.17. The van der Waals surface area contributed by atoms with E-state index >= 15 is 0 Å². The summed E-state index contributed by atoms with van der Waals surface area (Å²) in [5.41, 5.74) is 3.78. The van der Waals surface area contributed by atoms with Crippen LogP contribution >= 0.6 is 0 Å². The quantitative estimate of drug-likeness (QED) is 0.316. The highest BCUT2D eigenvalue weighted by Crippen LogP contribution is 2.31. The zero-order valence-corrected chi connectivity index (χ0v) is 12.6. The first-order valence-electron chi connectivity index (χ1n) is 6.84. The summed E-state index contributed by atoms with van der Waals surface area (Å²) < 4.78 is 6.75. The summed E-state index contributed by atoms with van der Waals surface area (Å²) in [6, 6.07) is 8.24. The number of nitro benzene ring substituents is 1. The molecule has 0 saturated heterocycles. The van der Waals surface area contributed by atoms with Crippen LogP contribution in [0.1, 0.15) is 11.3 Å². The van der Waals surface area contributed by atoms with Crippen molar-refractivity contribution >= 4 is 17.9 Å². The molecule has 0 aliphatic carbocycles. The highest BCUT2D eigenvalue weighted by molar-refractivity contribution is 5.79. The topological polar surface area (TPSA) is 137 Å². The van der Waals surface area contributed by atoms with Crippen molar-refractivity contribution in [1.82, 2.24) is 14.9 Å². The summed E-state index contributed by atoms with van der Waals surface area (Å²) in [4.78, 5) is 10.8. The van der Waals surface area contributed by atoms with Crippen LogP contribution in [-0.2, 0) is 0 Å². The van der Waals surface area contributed by atoms with Crippen LogP contribution in [0, 0.1) is 17.0 Å². The van der Waals surface area contributed by atoms with Crippen molar-refractivity contribution in [2.75, 3.05) is 11.3 Å². The number of benzene rings is 1. The van der Waals surface area contributed by atoms with Crippen molar-refractivity contribution in [2.45, 2.75) is 6.92 Å². The number of aryl methyl sites for hydroxylation is 1. The van der Waals surface area contributed by atoms with E-state index in [9.17, 15) is 10.1 Å². The number of nitrogen functional groups attached to an aromatic ring is 1. The van der Waals surface area contributed by atoms with Crippen molar-refractivity contribution in [3.8, 4) is 11.3 Å². The van der Waals surface area contributed by atoms with Crippen LogP contribution in [-0.4, -0.2) is 26.0 Å². The number of hydrogen-bond donors (Lipinski definition) is 2. The van der Waals surface area contributed by atoms with Crippen LogP contribution in [0.25, 0.3) is 11.3 Å². The molecule has 0 unspecified atom stereocenters. The maximum Gasteiger partial charge on any atom is 0.280 e. The van der Waals surface area contributed by atoms with E-state index in [1.807, 2.05) is 0 Å². The molecule has 0 atom stereocenters. The molecule has 10 nitrogen and oxygen atoms in total. The zero-order chi connectivity index (χ0) is 17.1. The van der Waals surface area contributed by atoms with Crippen LogP contribution in [0.2, 0.25) is 0 Å². The first kappa shape index (κ1) is 15.2. The summed E-state index contributed by atoms with van der Waals surface area (Å²) in [6.07, 6.45) is 2.72. The minimum Gasteiger partial charge on any atom is -0.455 e. The van der Waals surface area contributed by atoms with Crippen LogP contribution in [0.4, 0.5) is 11.6 Å². The van der Waals surface area contributed by atoms with Gasteiger partial charge < -0.3 is 10.3 Å². The van der Waals surface area contributed by atoms with Gasteiger partial charge in [-0.15, -0.1) is 10.2 Å². The summed E-state index contributed by atoms with van der Waals surface area (Å²) >= 11 is 0. The molecule has 0 radical (unpaired) electrons. The van der Waals surface area contributed by atoms with Gasteiger partial charge in [0.15, 0.2) is 0 Å². The third-order valence-electron chi connectivity index (χ3n) is 3.17. The van der Waals surface area contributed by atoms with Crippen molar-refractivity contribution in [3.63, 3.8) is 0 Å². The molecule has 3 N–H and O–H groups in total. The van der Waals surface area contributed by atoms with E-state index in [0.717, 1.165) is 5.56 Å². The fraction of sp³-hybridized carbons (Fsp3) is 0.0714. The molecule has 24 heavy (non-hydrogen) atoms. The second kappa shape index (κ2) is 6.20. The molecule has 0 aliphatic rings. The standard InChI is InChI=1S/C14H13N7O3/c1-9-2-4-11(12(6-9)21(22)23)13-5-3-10(24-13)7-16-18-14-19-17-8-20(14)15/h2-8H,15H2,1H3,(H,18,19). The number of rotatable bonds is 5. The molecule has 0 bridgehead atoms. The van der Waals surface area contributed by atoms with Crippen LogP contribution in [0.15, 0.2) is 46.2 Å². The van der Waals surface area contributed by atoms with E-state index in [0.29, 0.717) is 17.1 Å². The maximum absolute atomic E-state index is 11.2. The predicted octanol–water partition coefficient (Wildman–Crippen LogP) is 1.91. The molecule has 10 heteroatoms. The third-order valence-corrected chi connectivity index (χ3v) is 3.17. The van der Waals surface area contributed by atoms with E-state index < -0.39 is 4.92 Å². The monoisotopic (exact) mass is 327 g/mol. The first-order chi connectivity index (χ1) is 11.5. The highest BCUT2D eigenvalue weighted by atomic mass is 16.6. The molecule has 0 aliphatic heterocycles. The van der Waals surface area contributed by atoms with Crippen molar-refractivity contribution in [3.05, 3.63) is 58.1 Å². The van der Waals surface area contributed by atoms with Gasteiger partial charge in [0.1, 0.15) is 17.8 Å². The largest absolute Gasteiger partial charge is 0.455 e. The molecule has 2 heterocycles. The number of anilines is 1. The molecule has 2 aromatic heterocycles. The molecule has 0 amide bonds. The van der Waals surface area contributed by atoms with Gasteiger partial charge >= 0.3 is 0 Å². The summed E-state index contributed by atoms with van der Waals surface area (Å²) in [5.74, 6) is 6.57. The van der Waals surface area contributed by atoms with E-state index in [2.05, 4.69) is 20.7 Å². The van der Waals surface area contributed by atoms with Gasteiger partial charge in [-0.3, -0.25) is 10.1 Å². The summed E-state index contributed by atoms with van der Waals surface area (Å²) in [7, 11) is 0. The second-order valence-electron chi connectivity index (χ2n) is 4.91. The number of furan rings is 1. The molecule has 0 saturated carbocycles. The number of hydrazone groups is 1. The van der Waals surface area contributed by atoms with Gasteiger partial charge in [0.05, 0.1) is 16.7 Å². The summed E-state index contributed by atoms with van der Waals surface area (Å²) in [5, 5.41) is 22.4. The Morgan fingerprint density at radius 1 is 1.42 bits per heavy atom. The fourth-order valence-corrected chi connectivity index (χ4v) is 2.04. The first-order valence-corrected chi connectivity index (χ1v) is 6.84. The van der Waals surface area contributed by atoms with E-state index in [1.165, 1.54) is 23.3 Å². The maximum atomic E-state index is 11.2. The molecular weight excluding hydrogens is 314 g/mol. The Bertz CT molecular complexity index is 913. The summed E-state index contributed by atoms with van der Waals surface area (Å²) in [6.45, 7) is 1.79. The normalized spacial score (nSPS) is 11.0. The van der Waals surface area contributed by atoms with Gasteiger partial charge in [-0.2, -0.15) is 5.10 Å². The SMILES string of the molecule is Cc1ccc(-c2ccc(C=NNc3nncn3N)o2)c([N+](=O)[O-])c1. The third kappa shape index (κ3) is 3.06. The minimum atomic E-state index is -0.436. The lowest BCUT2D eigenvalue weighted by Gasteiger charge is -2.01. The molecule has 0 fully saturated rings. The van der Waals surface area contributed by atoms with Gasteiger partial charge in [-0.25, -0.2) is 10.1 Å². The van der Waals surface area contributed by atoms with E-state index in [1.54, 1.807) is 31.2 Å². The Kier molecular flexibility index (Phi) is 3.93. The van der Waals surface area contributed by atoms with Gasteiger partial charge in [0, 0.05) is 6.07 Å². The number of nitrogens with zero attached hydrogens (tertiary/aromatic N) is 5. The number of nitrogens with one attached hydrogen (secondary N) is 1. The minimum absolute atomic E-state index is 0.0119. The molecule has 3 rings (SSSR count). The Hall–Kier alpha value is -3.69. The van der Waals surface area contributed by atoms with Crippen LogP contribution in [0.5, 0.6) is 0 Å². The number of aromatic nitrogens is 3. The van der Waals surface area contributed by atoms with Gasteiger partial charge in [0.2, 0.25) is 0 Å². The lowest BCUT2D eigenvalue weighted by Crippen LogP contribution is -2.10. The number of nitrogens with two attached hydrogens (primary N) is 1. The van der Waals surface area contributed by atoms with Crippen molar-refractivity contribution < 1.29 is 9.34 Å². The predicted molar refractivity (Wildman–Crippen MR) is 86.9 cm³/mol. The van der Waals surface area contributed by atoms with E-state index in [-0.39, 0.29) is 11.6 Å². The smallest absolute Gasteiger partial charge is 0.280 e. The molecule has 3 aromatic rings.